The molecule has 1 spiro atoms. The average molecular weight is 697 g/mol. The number of hydrogen-bond donors (Lipinski definition) is 0. The molecular formula is C41H56N6O4. The lowest BCUT2D eigenvalue weighted by Gasteiger charge is -2.48. The molecule has 7 rings (SSSR count). The summed E-state index contributed by atoms with van der Waals surface area (Å²) in [4.78, 5) is 41.7. The van der Waals surface area contributed by atoms with Crippen LogP contribution >= 0.6 is 0 Å². The lowest BCUT2D eigenvalue weighted by molar-refractivity contribution is -0.165. The minimum Gasteiger partial charge on any atom is -0.495 e. The number of ether oxygens (including phenoxy) is 2. The van der Waals surface area contributed by atoms with Crippen molar-refractivity contribution in [2.75, 3.05) is 38.3 Å². The van der Waals surface area contributed by atoms with Crippen molar-refractivity contribution in [3.63, 3.8) is 0 Å². The van der Waals surface area contributed by atoms with Crippen LogP contribution in [0.5, 0.6) is 5.75 Å². The van der Waals surface area contributed by atoms with E-state index in [-0.39, 0.29) is 40.7 Å². The zero-order valence-electron chi connectivity index (χ0n) is 31.4. The normalized spacial score (nSPS) is 26.9. The molecule has 3 saturated carbocycles. The van der Waals surface area contributed by atoms with Gasteiger partial charge in [0.2, 0.25) is 11.8 Å². The van der Waals surface area contributed by atoms with E-state index in [2.05, 4.69) is 44.2 Å². The molecule has 0 radical (unpaired) electrons. The molecule has 1 saturated heterocycles. The molecule has 4 heterocycles. The van der Waals surface area contributed by atoms with Crippen LogP contribution in [0.4, 0.5) is 5.82 Å². The molecule has 10 heteroatoms. The van der Waals surface area contributed by atoms with Crippen LogP contribution in [0.15, 0.2) is 42.9 Å². The van der Waals surface area contributed by atoms with Gasteiger partial charge in [0.1, 0.15) is 17.2 Å². The second kappa shape index (κ2) is 14.3. The van der Waals surface area contributed by atoms with Gasteiger partial charge in [0.15, 0.2) is 0 Å². The smallest absolute Gasteiger partial charge is 0.231 e. The summed E-state index contributed by atoms with van der Waals surface area (Å²) in [6.45, 7) is 13.1. The highest BCUT2D eigenvalue weighted by atomic mass is 16.5. The van der Waals surface area contributed by atoms with E-state index < -0.39 is 0 Å². The van der Waals surface area contributed by atoms with Crippen molar-refractivity contribution in [3.8, 4) is 16.9 Å². The van der Waals surface area contributed by atoms with Gasteiger partial charge < -0.3 is 14.4 Å². The molecule has 10 nitrogen and oxygen atoms in total. The van der Waals surface area contributed by atoms with Gasteiger partial charge in [-0.2, -0.15) is 5.10 Å². The molecule has 2 amide bonds. The fraction of sp³-hybridized carbons (Fsp3) is 0.634. The molecule has 3 aliphatic carbocycles. The summed E-state index contributed by atoms with van der Waals surface area (Å²) in [5.41, 5.74) is 3.97. The molecule has 3 aromatic rings. The third-order valence-corrected chi connectivity index (χ3v) is 12.4. The van der Waals surface area contributed by atoms with Crippen LogP contribution in [-0.4, -0.2) is 75.4 Å². The molecule has 1 unspecified atom stereocenters. The lowest BCUT2D eigenvalue weighted by atomic mass is 9.77. The zero-order valence-corrected chi connectivity index (χ0v) is 31.4. The topological polar surface area (TPSA) is 103 Å². The Morgan fingerprint density at radius 2 is 1.78 bits per heavy atom. The van der Waals surface area contributed by atoms with E-state index >= 15 is 0 Å². The first-order chi connectivity index (χ1) is 24.5. The number of likely N-dealkylation sites (tertiary alicyclic amines) is 1. The van der Waals surface area contributed by atoms with Crippen molar-refractivity contribution < 1.29 is 19.1 Å². The van der Waals surface area contributed by atoms with E-state index in [1.54, 1.807) is 7.11 Å². The van der Waals surface area contributed by atoms with Crippen LogP contribution in [-0.2, 0) is 14.3 Å². The highest BCUT2D eigenvalue weighted by Gasteiger charge is 2.61. The fourth-order valence-electron chi connectivity index (χ4n) is 9.21. The second-order valence-electron chi connectivity index (χ2n) is 16.4. The standard InChI is InChI=1S/C41H56N6O4/c1-7-51-40(5)25-45(26-40)39(49)34-21-41(34)17-14-31(15-18-41)38(48)46(37-20-32(16-19-42-37)33-22-43-47(24-33)27(2)3)23-29-8-10-30(11-9-29)35-12-13-36(50-6)28(4)44-35/h12-13,16,19-20,22,24,27,29-31,34H,7-11,14-15,17-18,21,23,25-26H2,1-6H3. The van der Waals surface area contributed by atoms with E-state index in [9.17, 15) is 9.59 Å². The summed E-state index contributed by atoms with van der Waals surface area (Å²) in [5.74, 6) is 2.86. The van der Waals surface area contributed by atoms with Gasteiger partial charge in [0.05, 0.1) is 32.1 Å². The molecule has 1 aliphatic heterocycles. The number of rotatable bonds is 11. The number of aromatic nitrogens is 4. The van der Waals surface area contributed by atoms with Crippen molar-refractivity contribution in [2.45, 2.75) is 110 Å². The van der Waals surface area contributed by atoms with Gasteiger partial charge in [-0.15, -0.1) is 0 Å². The molecule has 1 atom stereocenters. The van der Waals surface area contributed by atoms with Crippen LogP contribution in [0.25, 0.3) is 11.1 Å². The van der Waals surface area contributed by atoms with Gasteiger partial charge in [-0.25, -0.2) is 4.98 Å². The van der Waals surface area contributed by atoms with Crippen LogP contribution in [0.1, 0.15) is 109 Å². The predicted molar refractivity (Wildman–Crippen MR) is 198 cm³/mol. The summed E-state index contributed by atoms with van der Waals surface area (Å²) in [6, 6.07) is 8.48. The number of carbonyl (C=O) groups is 2. The highest BCUT2D eigenvalue weighted by molar-refractivity contribution is 5.95. The molecular weight excluding hydrogens is 640 g/mol. The van der Waals surface area contributed by atoms with E-state index in [0.29, 0.717) is 38.1 Å². The third kappa shape index (κ3) is 7.30. The minimum absolute atomic E-state index is 0.0609. The first kappa shape index (κ1) is 35.6. The number of amides is 2. The summed E-state index contributed by atoms with van der Waals surface area (Å²) in [6.07, 6.45) is 14.5. The number of pyridine rings is 2. The van der Waals surface area contributed by atoms with Gasteiger partial charge in [0.25, 0.3) is 0 Å². The monoisotopic (exact) mass is 696 g/mol. The van der Waals surface area contributed by atoms with Crippen molar-refractivity contribution in [1.82, 2.24) is 24.6 Å². The number of carbonyl (C=O) groups excluding carboxylic acids is 2. The maximum atomic E-state index is 14.6. The molecule has 51 heavy (non-hydrogen) atoms. The lowest BCUT2D eigenvalue weighted by Crippen LogP contribution is -2.63. The first-order valence-corrected chi connectivity index (χ1v) is 19.3. The predicted octanol–water partition coefficient (Wildman–Crippen LogP) is 7.38. The van der Waals surface area contributed by atoms with Gasteiger partial charge in [-0.3, -0.25) is 24.2 Å². The molecule has 0 aromatic carbocycles. The number of nitrogens with zero attached hydrogens (tertiary/aromatic N) is 6. The molecule has 274 valence electrons. The second-order valence-corrected chi connectivity index (χ2v) is 16.4. The van der Waals surface area contributed by atoms with Crippen LogP contribution in [0, 0.1) is 30.1 Å². The van der Waals surface area contributed by atoms with Gasteiger partial charge in [0, 0.05) is 60.6 Å². The van der Waals surface area contributed by atoms with Gasteiger partial charge >= 0.3 is 0 Å². The molecule has 4 aliphatic rings. The van der Waals surface area contributed by atoms with E-state index in [0.717, 1.165) is 91.9 Å². The maximum absolute atomic E-state index is 14.6. The summed E-state index contributed by atoms with van der Waals surface area (Å²) >= 11 is 0. The maximum Gasteiger partial charge on any atom is 0.231 e. The minimum atomic E-state index is -0.203. The van der Waals surface area contributed by atoms with Gasteiger partial charge in [-0.1, -0.05) is 0 Å². The SMILES string of the molecule is CCOC1(C)CN(C(=O)C2CC23CCC(C(=O)N(CC2CCC(c4ccc(OC)c(C)n4)CC2)c2cc(-c4cnn(C(C)C)c4)ccn2)CC3)C1. The van der Waals surface area contributed by atoms with Crippen molar-refractivity contribution in [1.29, 1.82) is 0 Å². The fourth-order valence-corrected chi connectivity index (χ4v) is 9.21. The Kier molecular flexibility index (Phi) is 10.00. The average Bonchev–Trinajstić information content (AvgIpc) is 3.56. The molecule has 0 N–H and O–H groups in total. The summed E-state index contributed by atoms with van der Waals surface area (Å²) < 4.78 is 13.3. The van der Waals surface area contributed by atoms with Gasteiger partial charge in [-0.05, 0) is 134 Å². The Morgan fingerprint density at radius 1 is 1.04 bits per heavy atom. The Hall–Kier alpha value is -3.79. The highest BCUT2D eigenvalue weighted by Crippen LogP contribution is 2.63. The largest absolute Gasteiger partial charge is 0.495 e. The third-order valence-electron chi connectivity index (χ3n) is 12.4. The van der Waals surface area contributed by atoms with E-state index in [1.165, 1.54) is 0 Å². The molecule has 3 aromatic heterocycles. The summed E-state index contributed by atoms with van der Waals surface area (Å²) in [7, 11) is 1.69. The van der Waals surface area contributed by atoms with Crippen molar-refractivity contribution >= 4 is 17.6 Å². The van der Waals surface area contributed by atoms with Crippen LogP contribution in [0.3, 0.4) is 0 Å². The number of anilines is 1. The van der Waals surface area contributed by atoms with Crippen LogP contribution < -0.4 is 9.64 Å². The first-order valence-electron chi connectivity index (χ1n) is 19.3. The van der Waals surface area contributed by atoms with Crippen LogP contribution in [0.2, 0.25) is 0 Å². The quantitative estimate of drug-likeness (QED) is 0.206. The molecule has 4 fully saturated rings. The molecule has 0 bridgehead atoms. The zero-order chi connectivity index (χ0) is 35.9. The van der Waals surface area contributed by atoms with E-state index in [1.807, 2.05) is 52.9 Å². The summed E-state index contributed by atoms with van der Waals surface area (Å²) in [5, 5.41) is 4.56. The van der Waals surface area contributed by atoms with E-state index in [4.69, 9.17) is 19.4 Å². The Morgan fingerprint density at radius 3 is 2.43 bits per heavy atom. The number of hydrogen-bond acceptors (Lipinski definition) is 7. The Balaban J connectivity index is 1.04. The number of methoxy groups -OCH3 is 1. The number of aryl methyl sites for hydroxylation is 1. The van der Waals surface area contributed by atoms with Crippen molar-refractivity contribution in [3.05, 3.63) is 54.2 Å². The van der Waals surface area contributed by atoms with Crippen molar-refractivity contribution in [2.24, 2.45) is 23.2 Å². The Labute approximate surface area is 303 Å². The Bertz CT molecular complexity index is 1710.